The Bertz CT molecular complexity index is 527. The van der Waals surface area contributed by atoms with Crippen molar-refractivity contribution in [3.05, 3.63) is 29.3 Å². The lowest BCUT2D eigenvalue weighted by atomic mass is 10.1. The second kappa shape index (κ2) is 4.91. The maximum absolute atomic E-state index is 12.2. The van der Waals surface area contributed by atoms with E-state index in [0.717, 1.165) is 16.8 Å². The number of aliphatic carboxylic acids is 1. The molecule has 5 nitrogen and oxygen atoms in total. The zero-order chi connectivity index (χ0) is 14.2. The van der Waals surface area contributed by atoms with Gasteiger partial charge in [0.1, 0.15) is 0 Å². The van der Waals surface area contributed by atoms with Gasteiger partial charge in [-0.15, -0.1) is 0 Å². The van der Waals surface area contributed by atoms with E-state index in [9.17, 15) is 9.59 Å². The molecule has 102 valence electrons. The molecular weight excluding hydrogens is 244 g/mol. The van der Waals surface area contributed by atoms with Gasteiger partial charge in [-0.25, -0.2) is 4.79 Å². The number of likely N-dealkylation sites (N-methyl/N-ethyl adjacent to an activating group) is 1. The Labute approximate surface area is 112 Å². The van der Waals surface area contributed by atoms with Crippen LogP contribution in [0.1, 0.15) is 17.5 Å². The maximum atomic E-state index is 12.2. The molecule has 0 aromatic heterocycles. The van der Waals surface area contributed by atoms with Crippen molar-refractivity contribution in [1.82, 2.24) is 4.90 Å². The highest BCUT2D eigenvalue weighted by Gasteiger charge is 2.37. The Balaban J connectivity index is 2.38. The number of hydrogen-bond donors (Lipinski definition) is 1. The van der Waals surface area contributed by atoms with E-state index in [1.54, 1.807) is 16.8 Å². The van der Waals surface area contributed by atoms with Crippen molar-refractivity contribution >= 4 is 17.7 Å². The summed E-state index contributed by atoms with van der Waals surface area (Å²) in [4.78, 5) is 26.3. The predicted octanol–water partition coefficient (Wildman–Crippen LogP) is 2.02. The molecule has 2 rings (SSSR count). The Morgan fingerprint density at radius 1 is 1.42 bits per heavy atom. The van der Waals surface area contributed by atoms with Gasteiger partial charge >= 0.3 is 12.0 Å². The lowest BCUT2D eigenvalue weighted by molar-refractivity contribution is -0.137. The van der Waals surface area contributed by atoms with Crippen molar-refractivity contribution in [3.8, 4) is 0 Å². The zero-order valence-corrected chi connectivity index (χ0v) is 11.4. The molecule has 1 fully saturated rings. The Kier molecular flexibility index (Phi) is 3.46. The molecule has 5 heteroatoms. The number of anilines is 1. The van der Waals surface area contributed by atoms with Crippen LogP contribution in [0.3, 0.4) is 0 Å². The molecule has 0 aliphatic carbocycles. The first kappa shape index (κ1) is 13.4. The van der Waals surface area contributed by atoms with Crippen LogP contribution in [0.4, 0.5) is 10.5 Å². The monoisotopic (exact) mass is 262 g/mol. The highest BCUT2D eigenvalue weighted by atomic mass is 16.4. The summed E-state index contributed by atoms with van der Waals surface area (Å²) in [5.41, 5.74) is 2.90. The lowest BCUT2D eigenvalue weighted by Gasteiger charge is -2.24. The molecule has 0 saturated carbocycles. The molecule has 1 saturated heterocycles. The molecule has 19 heavy (non-hydrogen) atoms. The van der Waals surface area contributed by atoms with E-state index in [-0.39, 0.29) is 18.5 Å². The van der Waals surface area contributed by atoms with Gasteiger partial charge in [0.25, 0.3) is 0 Å². The van der Waals surface area contributed by atoms with Crippen LogP contribution in [0.2, 0.25) is 0 Å². The summed E-state index contributed by atoms with van der Waals surface area (Å²) >= 11 is 0. The van der Waals surface area contributed by atoms with Gasteiger partial charge in [0.2, 0.25) is 0 Å². The van der Waals surface area contributed by atoms with Gasteiger partial charge in [0.15, 0.2) is 0 Å². The van der Waals surface area contributed by atoms with Crippen molar-refractivity contribution < 1.29 is 14.7 Å². The number of carbonyl (C=O) groups excluding carboxylic acids is 1. The second-order valence-corrected chi connectivity index (χ2v) is 5.07. The maximum Gasteiger partial charge on any atom is 0.324 e. The highest BCUT2D eigenvalue weighted by Crippen LogP contribution is 2.29. The number of benzene rings is 1. The highest BCUT2D eigenvalue weighted by molar-refractivity contribution is 5.96. The van der Waals surface area contributed by atoms with Gasteiger partial charge in [0, 0.05) is 19.3 Å². The summed E-state index contributed by atoms with van der Waals surface area (Å²) in [7, 11) is 1.70. The van der Waals surface area contributed by atoms with Gasteiger partial charge in [0.05, 0.1) is 12.5 Å². The normalized spacial score (nSPS) is 19.1. The first-order valence-electron chi connectivity index (χ1n) is 6.23. The fraction of sp³-hybridized carbons (Fsp3) is 0.429. The average Bonchev–Trinajstić information content (AvgIpc) is 2.55. The van der Waals surface area contributed by atoms with Crippen LogP contribution in [0.25, 0.3) is 0 Å². The fourth-order valence-corrected chi connectivity index (χ4v) is 2.55. The molecule has 1 aromatic carbocycles. The summed E-state index contributed by atoms with van der Waals surface area (Å²) in [6.45, 7) is 4.37. The minimum Gasteiger partial charge on any atom is -0.481 e. The van der Waals surface area contributed by atoms with Crippen molar-refractivity contribution in [2.45, 2.75) is 26.3 Å². The number of amides is 2. The van der Waals surface area contributed by atoms with Gasteiger partial charge in [-0.3, -0.25) is 9.69 Å². The summed E-state index contributed by atoms with van der Waals surface area (Å²) in [5, 5.41) is 8.97. The average molecular weight is 262 g/mol. The quantitative estimate of drug-likeness (QED) is 0.906. The molecule has 1 aliphatic rings. The van der Waals surface area contributed by atoms with Crippen molar-refractivity contribution in [1.29, 1.82) is 0 Å². The van der Waals surface area contributed by atoms with E-state index in [2.05, 4.69) is 0 Å². The van der Waals surface area contributed by atoms with Gasteiger partial charge in [-0.1, -0.05) is 17.7 Å². The zero-order valence-electron chi connectivity index (χ0n) is 11.4. The molecule has 1 aliphatic heterocycles. The summed E-state index contributed by atoms with van der Waals surface area (Å²) in [5.74, 6) is -0.886. The Morgan fingerprint density at radius 3 is 2.68 bits per heavy atom. The molecule has 0 radical (unpaired) electrons. The molecule has 1 heterocycles. The third kappa shape index (κ3) is 2.54. The van der Waals surface area contributed by atoms with E-state index in [1.807, 2.05) is 32.0 Å². The number of rotatable bonds is 3. The molecule has 0 spiro atoms. The topological polar surface area (TPSA) is 60.9 Å². The van der Waals surface area contributed by atoms with Crippen LogP contribution in [0.15, 0.2) is 18.2 Å². The number of carbonyl (C=O) groups is 2. The van der Waals surface area contributed by atoms with Gasteiger partial charge < -0.3 is 10.0 Å². The standard InChI is InChI=1S/C14H18N2O3/c1-9-4-5-12(10(2)6-9)16-11(7-13(17)18)8-15(3)14(16)19/h4-6,11H,7-8H2,1-3H3,(H,17,18). The minimum absolute atomic E-state index is 0.0383. The van der Waals surface area contributed by atoms with Crippen LogP contribution in [0.5, 0.6) is 0 Å². The largest absolute Gasteiger partial charge is 0.481 e. The van der Waals surface area contributed by atoms with E-state index in [0.29, 0.717) is 6.54 Å². The van der Waals surface area contributed by atoms with E-state index < -0.39 is 5.97 Å². The minimum atomic E-state index is -0.886. The van der Waals surface area contributed by atoms with Crippen molar-refractivity contribution in [2.24, 2.45) is 0 Å². The van der Waals surface area contributed by atoms with E-state index in [1.165, 1.54) is 0 Å². The molecule has 1 atom stereocenters. The fourth-order valence-electron chi connectivity index (χ4n) is 2.55. The van der Waals surface area contributed by atoms with Crippen molar-refractivity contribution in [3.63, 3.8) is 0 Å². The SMILES string of the molecule is Cc1ccc(N2C(=O)N(C)CC2CC(=O)O)c(C)c1. The molecule has 1 aromatic rings. The third-order valence-corrected chi connectivity index (χ3v) is 3.40. The van der Waals surface area contributed by atoms with Crippen LogP contribution in [0, 0.1) is 13.8 Å². The molecular formula is C14H18N2O3. The van der Waals surface area contributed by atoms with Gasteiger partial charge in [-0.05, 0) is 25.5 Å². The van der Waals surface area contributed by atoms with Gasteiger partial charge in [-0.2, -0.15) is 0 Å². The third-order valence-electron chi connectivity index (χ3n) is 3.40. The molecule has 1 N–H and O–H groups in total. The molecule has 2 amide bonds. The number of carboxylic acids is 1. The molecule has 1 unspecified atom stereocenters. The van der Waals surface area contributed by atoms with E-state index in [4.69, 9.17) is 5.11 Å². The summed E-state index contributed by atoms with van der Waals surface area (Å²) in [6, 6.07) is 5.37. The van der Waals surface area contributed by atoms with Crippen LogP contribution in [-0.2, 0) is 4.79 Å². The number of aryl methyl sites for hydroxylation is 2. The summed E-state index contributed by atoms with van der Waals surface area (Å²) < 4.78 is 0. The number of hydrogen-bond acceptors (Lipinski definition) is 2. The predicted molar refractivity (Wildman–Crippen MR) is 72.5 cm³/mol. The van der Waals surface area contributed by atoms with Crippen molar-refractivity contribution in [2.75, 3.05) is 18.5 Å². The van der Waals surface area contributed by atoms with Crippen LogP contribution < -0.4 is 4.90 Å². The Morgan fingerprint density at radius 2 is 2.11 bits per heavy atom. The molecule has 0 bridgehead atoms. The first-order chi connectivity index (χ1) is 8.90. The smallest absolute Gasteiger partial charge is 0.324 e. The first-order valence-corrected chi connectivity index (χ1v) is 6.23. The number of nitrogens with zero attached hydrogens (tertiary/aromatic N) is 2. The Hall–Kier alpha value is -2.04. The van der Waals surface area contributed by atoms with Crippen LogP contribution >= 0.6 is 0 Å². The number of urea groups is 1. The number of carboxylic acid groups (broad SMARTS) is 1. The van der Waals surface area contributed by atoms with Crippen LogP contribution in [-0.4, -0.2) is 41.6 Å². The lowest BCUT2D eigenvalue weighted by Crippen LogP contribution is -2.36. The summed E-state index contributed by atoms with van der Waals surface area (Å²) in [6.07, 6.45) is -0.0383. The second-order valence-electron chi connectivity index (χ2n) is 5.07. The van der Waals surface area contributed by atoms with E-state index >= 15 is 0 Å².